The molecular formula is C34H36FN3O6S. The molecule has 4 aromatic carbocycles. The lowest BCUT2D eigenvalue weighted by Gasteiger charge is -2.31. The standard InChI is InChI=1S/C34H36FN3O6S/c1-43-22-8-21-36-34(40)32(23-26-9-4-2-5-10-26)38(24-27-11-6-3-7-12-27)33(39)25-44-30-17-19-31(20-18-30)45(41,42)37-29-15-13-28(35)14-16-29/h2-7,9-20,32,37H,8,21-25H2,1H3,(H,36,40)/t32-/m0/s1. The number of rotatable bonds is 16. The molecule has 0 saturated heterocycles. The Balaban J connectivity index is 1.50. The van der Waals surface area contributed by atoms with E-state index in [1.165, 1.54) is 41.3 Å². The molecule has 45 heavy (non-hydrogen) atoms. The van der Waals surface area contributed by atoms with Gasteiger partial charge in [0.25, 0.3) is 15.9 Å². The largest absolute Gasteiger partial charge is 0.484 e. The molecule has 2 amide bonds. The predicted octanol–water partition coefficient (Wildman–Crippen LogP) is 4.80. The number of halogens is 1. The maximum atomic E-state index is 13.8. The summed E-state index contributed by atoms with van der Waals surface area (Å²) in [5, 5.41) is 2.94. The minimum absolute atomic E-state index is 0.0377. The van der Waals surface area contributed by atoms with Gasteiger partial charge in [0.1, 0.15) is 17.6 Å². The van der Waals surface area contributed by atoms with Gasteiger partial charge in [-0.1, -0.05) is 60.7 Å². The fraction of sp³-hybridized carbons (Fsp3) is 0.235. The maximum Gasteiger partial charge on any atom is 0.261 e. The highest BCUT2D eigenvalue weighted by molar-refractivity contribution is 7.92. The van der Waals surface area contributed by atoms with Crippen molar-refractivity contribution in [3.63, 3.8) is 0 Å². The monoisotopic (exact) mass is 633 g/mol. The van der Waals surface area contributed by atoms with Crippen LogP contribution in [0.2, 0.25) is 0 Å². The van der Waals surface area contributed by atoms with E-state index in [-0.39, 0.29) is 35.4 Å². The van der Waals surface area contributed by atoms with Gasteiger partial charge in [-0.05, 0) is 66.1 Å². The lowest BCUT2D eigenvalue weighted by atomic mass is 10.0. The second kappa shape index (κ2) is 16.4. The number of amides is 2. The molecule has 1 atom stereocenters. The topological polar surface area (TPSA) is 114 Å². The van der Waals surface area contributed by atoms with Crippen LogP contribution in [0, 0.1) is 5.82 Å². The average molecular weight is 634 g/mol. The molecule has 2 N–H and O–H groups in total. The van der Waals surface area contributed by atoms with Crippen molar-refractivity contribution < 1.29 is 31.9 Å². The number of methoxy groups -OCH3 is 1. The summed E-state index contributed by atoms with van der Waals surface area (Å²) in [5.41, 5.74) is 1.96. The summed E-state index contributed by atoms with van der Waals surface area (Å²) in [6.45, 7) is 0.687. The van der Waals surface area contributed by atoms with Gasteiger partial charge in [0.05, 0.1) is 4.90 Å². The summed E-state index contributed by atoms with van der Waals surface area (Å²) in [7, 11) is -2.34. The lowest BCUT2D eigenvalue weighted by Crippen LogP contribution is -2.51. The van der Waals surface area contributed by atoms with Gasteiger partial charge in [-0.2, -0.15) is 0 Å². The summed E-state index contributed by atoms with van der Waals surface area (Å²) >= 11 is 0. The van der Waals surface area contributed by atoms with Crippen LogP contribution in [0.1, 0.15) is 17.5 Å². The smallest absolute Gasteiger partial charge is 0.261 e. The number of anilines is 1. The van der Waals surface area contributed by atoms with Crippen molar-refractivity contribution in [2.24, 2.45) is 0 Å². The fourth-order valence-corrected chi connectivity index (χ4v) is 5.61. The van der Waals surface area contributed by atoms with Gasteiger partial charge in [0.2, 0.25) is 5.91 Å². The molecule has 0 aliphatic rings. The van der Waals surface area contributed by atoms with Crippen molar-refractivity contribution in [1.82, 2.24) is 10.2 Å². The Morgan fingerprint density at radius 2 is 1.47 bits per heavy atom. The van der Waals surface area contributed by atoms with Gasteiger partial charge in [0, 0.05) is 38.9 Å². The normalized spacial score (nSPS) is 11.8. The molecule has 11 heteroatoms. The van der Waals surface area contributed by atoms with E-state index in [0.717, 1.165) is 23.3 Å². The third kappa shape index (κ3) is 10.2. The van der Waals surface area contributed by atoms with Crippen LogP contribution in [0.25, 0.3) is 0 Å². The highest BCUT2D eigenvalue weighted by atomic mass is 32.2. The minimum atomic E-state index is -3.94. The third-order valence-electron chi connectivity index (χ3n) is 6.88. The van der Waals surface area contributed by atoms with Crippen LogP contribution in [0.4, 0.5) is 10.1 Å². The predicted molar refractivity (Wildman–Crippen MR) is 170 cm³/mol. The second-order valence-electron chi connectivity index (χ2n) is 10.2. The molecule has 0 radical (unpaired) electrons. The second-order valence-corrected chi connectivity index (χ2v) is 11.9. The van der Waals surface area contributed by atoms with Crippen molar-refractivity contribution in [2.45, 2.75) is 30.3 Å². The highest BCUT2D eigenvalue weighted by Gasteiger charge is 2.30. The van der Waals surface area contributed by atoms with Gasteiger partial charge >= 0.3 is 0 Å². The zero-order valence-corrected chi connectivity index (χ0v) is 25.7. The van der Waals surface area contributed by atoms with Crippen LogP contribution in [-0.2, 0) is 37.3 Å². The molecule has 0 heterocycles. The molecular weight excluding hydrogens is 597 g/mol. The number of nitrogens with zero attached hydrogens (tertiary/aromatic N) is 1. The molecule has 0 aliphatic carbocycles. The number of hydrogen-bond donors (Lipinski definition) is 2. The Morgan fingerprint density at radius 1 is 0.844 bits per heavy atom. The Morgan fingerprint density at radius 3 is 2.09 bits per heavy atom. The number of sulfonamides is 1. The maximum absolute atomic E-state index is 13.8. The third-order valence-corrected chi connectivity index (χ3v) is 8.28. The van der Waals surface area contributed by atoms with Crippen LogP contribution < -0.4 is 14.8 Å². The van der Waals surface area contributed by atoms with Crippen LogP contribution >= 0.6 is 0 Å². The van der Waals surface area contributed by atoms with Crippen molar-refractivity contribution in [3.05, 3.63) is 126 Å². The first-order chi connectivity index (χ1) is 21.7. The van der Waals surface area contributed by atoms with E-state index in [2.05, 4.69) is 10.0 Å². The van der Waals surface area contributed by atoms with E-state index in [1.807, 2.05) is 60.7 Å². The van der Waals surface area contributed by atoms with Gasteiger partial charge in [-0.15, -0.1) is 0 Å². The van der Waals surface area contributed by atoms with Crippen molar-refractivity contribution >= 4 is 27.5 Å². The molecule has 0 bridgehead atoms. The zero-order chi connectivity index (χ0) is 32.1. The van der Waals surface area contributed by atoms with E-state index in [9.17, 15) is 22.4 Å². The first-order valence-corrected chi connectivity index (χ1v) is 15.9. The molecule has 0 saturated carbocycles. The Bertz CT molecular complexity index is 1620. The van der Waals surface area contributed by atoms with Gasteiger partial charge in [0.15, 0.2) is 6.61 Å². The van der Waals surface area contributed by atoms with E-state index in [0.29, 0.717) is 26.0 Å². The van der Waals surface area contributed by atoms with E-state index in [4.69, 9.17) is 9.47 Å². The summed E-state index contributed by atoms with van der Waals surface area (Å²) < 4.78 is 52.0. The fourth-order valence-electron chi connectivity index (χ4n) is 4.55. The first kappa shape index (κ1) is 33.2. The Hall–Kier alpha value is -4.74. The molecule has 0 aliphatic heterocycles. The highest BCUT2D eigenvalue weighted by Crippen LogP contribution is 2.21. The molecule has 0 unspecified atom stereocenters. The molecule has 0 spiro atoms. The van der Waals surface area contributed by atoms with Gasteiger partial charge < -0.3 is 19.7 Å². The number of carbonyl (C=O) groups is 2. The first-order valence-electron chi connectivity index (χ1n) is 14.4. The van der Waals surface area contributed by atoms with E-state index in [1.54, 1.807) is 7.11 Å². The number of carbonyl (C=O) groups excluding carboxylic acids is 2. The van der Waals surface area contributed by atoms with Crippen molar-refractivity contribution in [1.29, 1.82) is 0 Å². The SMILES string of the molecule is COCCCNC(=O)[C@H](Cc1ccccc1)N(Cc1ccccc1)C(=O)COc1ccc(S(=O)(=O)Nc2ccc(F)cc2)cc1. The quantitative estimate of drug-likeness (QED) is 0.172. The Kier molecular flexibility index (Phi) is 12.1. The molecule has 0 fully saturated rings. The van der Waals surface area contributed by atoms with E-state index < -0.39 is 27.8 Å². The zero-order valence-electron chi connectivity index (χ0n) is 24.9. The lowest BCUT2D eigenvalue weighted by molar-refractivity contribution is -0.142. The molecule has 4 aromatic rings. The van der Waals surface area contributed by atoms with Gasteiger partial charge in [-0.25, -0.2) is 12.8 Å². The number of ether oxygens (including phenoxy) is 2. The Labute approximate surface area is 263 Å². The number of hydrogen-bond acceptors (Lipinski definition) is 6. The van der Waals surface area contributed by atoms with Crippen molar-refractivity contribution in [2.75, 3.05) is 31.6 Å². The molecule has 236 valence electrons. The van der Waals surface area contributed by atoms with Crippen LogP contribution in [0.3, 0.4) is 0 Å². The van der Waals surface area contributed by atoms with E-state index >= 15 is 0 Å². The molecule has 9 nitrogen and oxygen atoms in total. The molecule has 0 aromatic heterocycles. The molecule has 4 rings (SSSR count). The number of nitrogens with one attached hydrogen (secondary N) is 2. The van der Waals surface area contributed by atoms with Gasteiger partial charge in [-0.3, -0.25) is 14.3 Å². The average Bonchev–Trinajstić information content (AvgIpc) is 3.05. The van der Waals surface area contributed by atoms with Crippen LogP contribution in [-0.4, -0.2) is 58.0 Å². The minimum Gasteiger partial charge on any atom is -0.484 e. The number of benzene rings is 4. The summed E-state index contributed by atoms with van der Waals surface area (Å²) in [6.07, 6.45) is 0.921. The van der Waals surface area contributed by atoms with Crippen LogP contribution in [0.15, 0.2) is 114 Å². The van der Waals surface area contributed by atoms with Crippen LogP contribution in [0.5, 0.6) is 5.75 Å². The summed E-state index contributed by atoms with van der Waals surface area (Å²) in [5.74, 6) is -0.915. The summed E-state index contributed by atoms with van der Waals surface area (Å²) in [6, 6.07) is 28.6. The van der Waals surface area contributed by atoms with Crippen molar-refractivity contribution in [3.8, 4) is 5.75 Å². The summed E-state index contributed by atoms with van der Waals surface area (Å²) in [4.78, 5) is 28.8.